The number of amides is 1. The van der Waals surface area contributed by atoms with Crippen molar-refractivity contribution in [3.8, 4) is 5.69 Å². The zero-order valence-corrected chi connectivity index (χ0v) is 15.3. The van der Waals surface area contributed by atoms with Crippen LogP contribution in [0.1, 0.15) is 21.5 Å². The summed E-state index contributed by atoms with van der Waals surface area (Å²) in [6.07, 6.45) is 1.67. The molecule has 0 aliphatic rings. The number of benzene rings is 2. The molecule has 1 amide bonds. The number of hydrogen-bond acceptors (Lipinski definition) is 4. The van der Waals surface area contributed by atoms with E-state index in [4.69, 9.17) is 11.6 Å². The lowest BCUT2D eigenvalue weighted by molar-refractivity contribution is 0.0954. The van der Waals surface area contributed by atoms with Gasteiger partial charge in [0.2, 0.25) is 0 Å². The van der Waals surface area contributed by atoms with Crippen molar-refractivity contribution >= 4 is 17.5 Å². The van der Waals surface area contributed by atoms with Crippen LogP contribution in [-0.4, -0.2) is 27.2 Å². The highest BCUT2D eigenvalue weighted by Gasteiger charge is 2.13. The molecule has 0 atom stereocenters. The van der Waals surface area contributed by atoms with Gasteiger partial charge in [-0.15, -0.1) is 0 Å². The van der Waals surface area contributed by atoms with Crippen LogP contribution in [0, 0.1) is 6.92 Å². The Morgan fingerprint density at radius 3 is 2.78 bits per heavy atom. The molecule has 3 aromatic rings. The van der Waals surface area contributed by atoms with Crippen LogP contribution in [0.2, 0.25) is 5.02 Å². The number of nitrogens with zero attached hydrogens (tertiary/aromatic N) is 2. The van der Waals surface area contributed by atoms with E-state index < -0.39 is 11.2 Å². The van der Waals surface area contributed by atoms with Gasteiger partial charge in [-0.05, 0) is 37.1 Å². The summed E-state index contributed by atoms with van der Waals surface area (Å²) in [5, 5.41) is 6.85. The molecule has 1 aromatic heterocycles. The van der Waals surface area contributed by atoms with E-state index in [2.05, 4.69) is 21.5 Å². The van der Waals surface area contributed by atoms with Crippen molar-refractivity contribution in [1.29, 1.82) is 0 Å². The van der Waals surface area contributed by atoms with Crippen molar-refractivity contribution in [2.45, 2.75) is 13.3 Å². The van der Waals surface area contributed by atoms with Crippen LogP contribution in [0.15, 0.2) is 58.3 Å². The molecule has 8 heteroatoms. The van der Waals surface area contributed by atoms with E-state index >= 15 is 0 Å². The standard InChI is InChI=1S/C19H17ClN4O3/c1-12-3-2-4-13(9-12)7-8-21-18(26)15-10-14(5-6-16(15)20)24-19(27)23-17(25)11-22-24/h2-6,9-11H,7-8H2,1H3,(H,21,26)(H,23,25,27). The molecule has 7 nitrogen and oxygen atoms in total. The van der Waals surface area contributed by atoms with E-state index in [1.807, 2.05) is 25.1 Å². The first-order valence-electron chi connectivity index (χ1n) is 8.26. The fourth-order valence-corrected chi connectivity index (χ4v) is 2.84. The van der Waals surface area contributed by atoms with Crippen molar-refractivity contribution < 1.29 is 4.79 Å². The van der Waals surface area contributed by atoms with E-state index in [0.29, 0.717) is 18.7 Å². The number of aromatic nitrogens is 3. The van der Waals surface area contributed by atoms with E-state index in [1.54, 1.807) is 6.07 Å². The minimum Gasteiger partial charge on any atom is -0.352 e. The summed E-state index contributed by atoms with van der Waals surface area (Å²) < 4.78 is 0.987. The van der Waals surface area contributed by atoms with Crippen LogP contribution in [0.25, 0.3) is 5.69 Å². The van der Waals surface area contributed by atoms with Crippen LogP contribution < -0.4 is 16.6 Å². The first-order chi connectivity index (χ1) is 12.9. The predicted octanol–water partition coefficient (Wildman–Crippen LogP) is 1.86. The minimum atomic E-state index is -0.698. The molecule has 27 heavy (non-hydrogen) atoms. The molecule has 0 unspecified atom stereocenters. The number of nitrogens with one attached hydrogen (secondary N) is 2. The van der Waals surface area contributed by atoms with Gasteiger partial charge in [-0.3, -0.25) is 14.6 Å². The van der Waals surface area contributed by atoms with Crippen LogP contribution in [-0.2, 0) is 6.42 Å². The molecule has 0 aliphatic carbocycles. The normalized spacial score (nSPS) is 10.6. The first-order valence-corrected chi connectivity index (χ1v) is 8.64. The SMILES string of the molecule is Cc1cccc(CCNC(=O)c2cc(-n3ncc(=O)[nH]c3=O)ccc2Cl)c1. The fourth-order valence-electron chi connectivity index (χ4n) is 2.64. The van der Waals surface area contributed by atoms with Crippen molar-refractivity contribution in [2.24, 2.45) is 0 Å². The average molecular weight is 385 g/mol. The van der Waals surface area contributed by atoms with Crippen LogP contribution in [0.5, 0.6) is 0 Å². The molecule has 1 heterocycles. The average Bonchev–Trinajstić information content (AvgIpc) is 2.62. The van der Waals surface area contributed by atoms with Crippen LogP contribution in [0.3, 0.4) is 0 Å². The third-order valence-electron chi connectivity index (χ3n) is 3.93. The summed E-state index contributed by atoms with van der Waals surface area (Å²) in [6.45, 7) is 2.46. The number of rotatable bonds is 5. The number of carbonyl (C=O) groups excluding carboxylic acids is 1. The van der Waals surface area contributed by atoms with Gasteiger partial charge in [0.25, 0.3) is 11.5 Å². The van der Waals surface area contributed by atoms with Gasteiger partial charge in [-0.2, -0.15) is 9.78 Å². The smallest absolute Gasteiger partial charge is 0.349 e. The zero-order valence-electron chi connectivity index (χ0n) is 14.5. The molecule has 0 saturated carbocycles. The number of carbonyl (C=O) groups is 1. The number of aromatic amines is 1. The van der Waals surface area contributed by atoms with Gasteiger partial charge in [0.05, 0.1) is 16.3 Å². The van der Waals surface area contributed by atoms with Gasteiger partial charge in [-0.25, -0.2) is 4.79 Å². The number of halogens is 1. The zero-order chi connectivity index (χ0) is 19.4. The second-order valence-corrected chi connectivity index (χ2v) is 6.42. The molecule has 2 N–H and O–H groups in total. The molecule has 2 aromatic carbocycles. The summed E-state index contributed by atoms with van der Waals surface area (Å²) >= 11 is 6.13. The fraction of sp³-hybridized carbons (Fsp3) is 0.158. The topological polar surface area (TPSA) is 96.8 Å². The van der Waals surface area contributed by atoms with Gasteiger partial charge in [0.15, 0.2) is 0 Å². The molecule has 0 saturated heterocycles. The Labute approximate surface area is 159 Å². The van der Waals surface area contributed by atoms with Crippen LogP contribution >= 0.6 is 11.6 Å². The van der Waals surface area contributed by atoms with Gasteiger partial charge < -0.3 is 5.32 Å². The highest BCUT2D eigenvalue weighted by atomic mass is 35.5. The van der Waals surface area contributed by atoms with E-state index in [9.17, 15) is 14.4 Å². The highest BCUT2D eigenvalue weighted by Crippen LogP contribution is 2.19. The molecular weight excluding hydrogens is 368 g/mol. The van der Waals surface area contributed by atoms with Crippen molar-refractivity contribution in [2.75, 3.05) is 6.54 Å². The molecule has 0 spiro atoms. The Kier molecular flexibility index (Phi) is 5.52. The third kappa shape index (κ3) is 4.51. The molecule has 138 valence electrons. The maximum atomic E-state index is 12.5. The first kappa shape index (κ1) is 18.6. The van der Waals surface area contributed by atoms with E-state index in [1.165, 1.54) is 12.1 Å². The molecule has 0 radical (unpaired) electrons. The lowest BCUT2D eigenvalue weighted by atomic mass is 10.1. The molecular formula is C19H17ClN4O3. The molecule has 0 bridgehead atoms. The monoisotopic (exact) mass is 384 g/mol. The third-order valence-corrected chi connectivity index (χ3v) is 4.26. The van der Waals surface area contributed by atoms with Crippen LogP contribution in [0.4, 0.5) is 0 Å². The van der Waals surface area contributed by atoms with Crippen molar-refractivity contribution in [1.82, 2.24) is 20.1 Å². The summed E-state index contributed by atoms with van der Waals surface area (Å²) in [5.41, 5.74) is 1.53. The molecule has 3 rings (SSSR count). The lowest BCUT2D eigenvalue weighted by Gasteiger charge is -2.10. The summed E-state index contributed by atoms with van der Waals surface area (Å²) in [4.78, 5) is 37.6. The number of aryl methyl sites for hydroxylation is 1. The maximum absolute atomic E-state index is 12.5. The van der Waals surface area contributed by atoms with Gasteiger partial charge in [0, 0.05) is 6.54 Å². The largest absolute Gasteiger partial charge is 0.352 e. The Bertz CT molecular complexity index is 1100. The van der Waals surface area contributed by atoms with E-state index in [-0.39, 0.29) is 16.5 Å². The molecule has 0 fully saturated rings. The Morgan fingerprint density at radius 2 is 2.04 bits per heavy atom. The van der Waals surface area contributed by atoms with Crippen molar-refractivity contribution in [3.05, 3.63) is 91.2 Å². The lowest BCUT2D eigenvalue weighted by Crippen LogP contribution is -2.31. The Morgan fingerprint density at radius 1 is 1.22 bits per heavy atom. The van der Waals surface area contributed by atoms with Crippen molar-refractivity contribution in [3.63, 3.8) is 0 Å². The second kappa shape index (κ2) is 8.01. The number of H-pyrrole nitrogens is 1. The van der Waals surface area contributed by atoms with Gasteiger partial charge in [0.1, 0.15) is 6.20 Å². The van der Waals surface area contributed by atoms with Gasteiger partial charge >= 0.3 is 5.69 Å². The maximum Gasteiger partial charge on any atom is 0.349 e. The Hall–Kier alpha value is -3.19. The minimum absolute atomic E-state index is 0.221. The summed E-state index contributed by atoms with van der Waals surface area (Å²) in [5.74, 6) is -0.355. The predicted molar refractivity (Wildman–Crippen MR) is 103 cm³/mol. The quantitative estimate of drug-likeness (QED) is 0.701. The second-order valence-electron chi connectivity index (χ2n) is 6.01. The summed E-state index contributed by atoms with van der Waals surface area (Å²) in [7, 11) is 0. The highest BCUT2D eigenvalue weighted by molar-refractivity contribution is 6.33. The summed E-state index contributed by atoms with van der Waals surface area (Å²) in [6, 6.07) is 12.6. The number of hydrogen-bond donors (Lipinski definition) is 2. The Balaban J connectivity index is 1.76. The molecule has 0 aliphatic heterocycles. The van der Waals surface area contributed by atoms with Gasteiger partial charge in [-0.1, -0.05) is 41.4 Å². The van der Waals surface area contributed by atoms with E-state index in [0.717, 1.165) is 22.0 Å².